The fraction of sp³-hybridized carbons (Fsp3) is 0.260. The Bertz CT molecular complexity index is 3030. The Morgan fingerprint density at radius 2 is 1.61 bits per heavy atom. The third-order valence-electron chi connectivity index (χ3n) is 11.2. The molecule has 7 aromatic rings. The predicted octanol–water partition coefficient (Wildman–Crippen LogP) is 9.87. The third-order valence-corrected chi connectivity index (χ3v) is 13.7. The zero-order chi connectivity index (χ0) is 47.8. The van der Waals surface area contributed by atoms with Gasteiger partial charge in [-0.15, -0.1) is 0 Å². The highest BCUT2D eigenvalue weighted by atomic mass is 79.9. The number of methoxy groups -OCH3 is 1. The van der Waals surface area contributed by atoms with Gasteiger partial charge in [-0.3, -0.25) is 9.10 Å². The lowest BCUT2D eigenvalue weighted by molar-refractivity contribution is -0.117. The second kappa shape index (κ2) is 21.2. The number of aromatic nitrogens is 4. The summed E-state index contributed by atoms with van der Waals surface area (Å²) in [6.07, 6.45) is 3.24. The second-order valence-electron chi connectivity index (χ2n) is 16.1. The van der Waals surface area contributed by atoms with Crippen molar-refractivity contribution in [2.75, 3.05) is 31.5 Å². The molecule has 0 spiro atoms. The molecule has 0 radical (unpaired) electrons. The number of halogens is 1. The molecule has 2 unspecified atom stereocenters. The van der Waals surface area contributed by atoms with E-state index in [1.807, 2.05) is 54.6 Å². The number of sulfonamides is 1. The monoisotopic (exact) mass is 988 g/mol. The van der Waals surface area contributed by atoms with E-state index in [2.05, 4.69) is 72.5 Å². The molecule has 1 amide bonds. The fourth-order valence-corrected chi connectivity index (χ4v) is 9.08. The van der Waals surface area contributed by atoms with Crippen molar-refractivity contribution in [1.82, 2.24) is 23.7 Å². The van der Waals surface area contributed by atoms with Gasteiger partial charge in [0, 0.05) is 42.4 Å². The molecule has 0 saturated carbocycles. The number of aliphatic imine (C=N–C) groups is 1. The van der Waals surface area contributed by atoms with Crippen molar-refractivity contribution in [1.29, 1.82) is 0 Å². The average molecular weight is 990 g/mol. The van der Waals surface area contributed by atoms with Gasteiger partial charge in [-0.1, -0.05) is 79.2 Å². The first-order valence-electron chi connectivity index (χ1n) is 21.8. The molecule has 0 fully saturated rings. The van der Waals surface area contributed by atoms with Crippen LogP contribution in [0.3, 0.4) is 0 Å². The first-order valence-corrected chi connectivity index (χ1v) is 24.0. The number of carboxylic acid groups (broad SMARTS) is 1. The Morgan fingerprint density at radius 3 is 2.31 bits per heavy atom. The van der Waals surface area contributed by atoms with Gasteiger partial charge in [0.2, 0.25) is 0 Å². The van der Waals surface area contributed by atoms with Crippen LogP contribution in [0.4, 0.5) is 17.1 Å². The van der Waals surface area contributed by atoms with Crippen LogP contribution in [0.25, 0.3) is 16.9 Å². The molecule has 0 bridgehead atoms. The van der Waals surface area contributed by atoms with E-state index in [1.165, 1.54) is 47.1 Å². The molecule has 2 atom stereocenters. The quantitative estimate of drug-likeness (QED) is 0.0789. The van der Waals surface area contributed by atoms with Crippen molar-refractivity contribution in [3.8, 4) is 17.0 Å². The molecule has 17 heteroatoms. The van der Waals surface area contributed by atoms with Crippen LogP contribution in [-0.2, 0) is 32.4 Å². The van der Waals surface area contributed by atoms with Crippen LogP contribution in [0.2, 0.25) is 0 Å². The standard InChI is InChI=1S/C38H35BrN8O6S.C12H18O/c1-45-36(41-29-12-6-7-13-32(29)54(45,51)52)35(37(48)42-31-21-26(38(49)50)17-20-28(31)39)47-34-22-30(25-10-4-3-5-11-25)43-46(34)33(44-47)14-8-9-24-15-18-27(19-16-24)40-23-53-2;1-5-11(4)13-12-7-6-9(2)8-10(12)3/h3-7,10-13,15-22,35,40H,8-9,14,23H2,1-2H3,(H,42,48)(H,49,50);6-8,11H,5H2,1-4H3. The van der Waals surface area contributed by atoms with Gasteiger partial charge >= 0.3 is 5.97 Å². The number of nitrogens with one attached hydrogen (secondary N) is 2. The van der Waals surface area contributed by atoms with Gasteiger partial charge in [-0.2, -0.15) is 14.7 Å². The van der Waals surface area contributed by atoms with Crippen LogP contribution in [0, 0.1) is 13.8 Å². The van der Waals surface area contributed by atoms with Crippen LogP contribution in [-0.4, -0.2) is 81.9 Å². The Balaban J connectivity index is 0.000000443. The highest BCUT2D eigenvalue weighted by molar-refractivity contribution is 9.10. The normalized spacial score (nSPS) is 13.7. The molecule has 67 heavy (non-hydrogen) atoms. The maximum atomic E-state index is 14.7. The number of para-hydroxylation sites is 1. The topological polar surface area (TPSA) is 182 Å². The molecule has 8 rings (SSSR count). The van der Waals surface area contributed by atoms with E-state index in [0.29, 0.717) is 47.3 Å². The summed E-state index contributed by atoms with van der Waals surface area (Å²) in [5, 5.41) is 25.5. The summed E-state index contributed by atoms with van der Waals surface area (Å²) < 4.78 is 43.1. The second-order valence-corrected chi connectivity index (χ2v) is 18.9. The molecular weight excluding hydrogens is 937 g/mol. The summed E-state index contributed by atoms with van der Waals surface area (Å²) in [7, 11) is -1.17. The Labute approximate surface area is 398 Å². The summed E-state index contributed by atoms with van der Waals surface area (Å²) >= 11 is 3.41. The molecule has 1 aliphatic heterocycles. The molecule has 1 aliphatic rings. The molecule has 348 valence electrons. The number of aryl methyl sites for hydroxylation is 4. The fourth-order valence-electron chi connectivity index (χ4n) is 7.42. The van der Waals surface area contributed by atoms with Crippen LogP contribution >= 0.6 is 15.9 Å². The minimum absolute atomic E-state index is 0.00293. The minimum Gasteiger partial charge on any atom is -0.490 e. The summed E-state index contributed by atoms with van der Waals surface area (Å²) in [5.74, 6) is -0.448. The van der Waals surface area contributed by atoms with Crippen molar-refractivity contribution in [3.63, 3.8) is 0 Å². The van der Waals surface area contributed by atoms with Gasteiger partial charge in [0.1, 0.15) is 17.4 Å². The van der Waals surface area contributed by atoms with Crippen molar-refractivity contribution < 1.29 is 32.6 Å². The van der Waals surface area contributed by atoms with Crippen molar-refractivity contribution in [3.05, 3.63) is 154 Å². The zero-order valence-corrected chi connectivity index (χ0v) is 40.5. The SMILES string of the molecule is CCC(C)Oc1ccc(C)cc1C.COCNc1ccc(CCCc2nn(C(C(=O)Nc3cc(C(=O)O)ccc3Br)C3=Nc4ccccc4S(=O)(=O)N3C)c3cc(-c4ccccc4)nn23)cc1. The molecular formula is C50H53BrN8O7S. The number of likely N-dealkylation sites (N-methyl/N-ethyl adjacent to an activating group) is 1. The summed E-state index contributed by atoms with van der Waals surface area (Å²) in [6, 6.07) is 34.8. The van der Waals surface area contributed by atoms with Crippen molar-refractivity contribution in [2.45, 2.75) is 70.4 Å². The Kier molecular flexibility index (Phi) is 15.2. The number of benzene rings is 5. The minimum atomic E-state index is -4.13. The highest BCUT2D eigenvalue weighted by Gasteiger charge is 2.41. The van der Waals surface area contributed by atoms with Crippen molar-refractivity contribution >= 4 is 66.4 Å². The Morgan fingerprint density at radius 1 is 0.881 bits per heavy atom. The first kappa shape index (κ1) is 48.1. The number of nitrogens with zero attached hydrogens (tertiary/aromatic N) is 6. The van der Waals surface area contributed by atoms with Crippen LogP contribution in [0.5, 0.6) is 5.75 Å². The number of carbonyl (C=O) groups is 2. The maximum Gasteiger partial charge on any atom is 0.335 e. The highest BCUT2D eigenvalue weighted by Crippen LogP contribution is 2.36. The number of amidine groups is 1. The van der Waals surface area contributed by atoms with E-state index in [0.717, 1.165) is 39.7 Å². The Hall–Kier alpha value is -6.82. The third kappa shape index (κ3) is 11.1. The van der Waals surface area contributed by atoms with Crippen LogP contribution < -0.4 is 15.4 Å². The molecule has 0 saturated heterocycles. The van der Waals surface area contributed by atoms with Gasteiger partial charge in [0.25, 0.3) is 15.9 Å². The maximum absolute atomic E-state index is 14.7. The summed E-state index contributed by atoms with van der Waals surface area (Å²) in [5.41, 5.74) is 6.72. The van der Waals surface area contributed by atoms with Crippen LogP contribution in [0.15, 0.2) is 136 Å². The van der Waals surface area contributed by atoms with Gasteiger partial charge in [-0.25, -0.2) is 22.9 Å². The lowest BCUT2D eigenvalue weighted by Gasteiger charge is -2.30. The molecule has 0 aliphatic carbocycles. The van der Waals surface area contributed by atoms with E-state index in [9.17, 15) is 23.1 Å². The van der Waals surface area contributed by atoms with Crippen LogP contribution in [0.1, 0.15) is 65.6 Å². The number of rotatable bonds is 16. The number of fused-ring (bicyclic) bond motifs is 2. The number of hydrogen-bond donors (Lipinski definition) is 3. The number of ether oxygens (including phenoxy) is 2. The lowest BCUT2D eigenvalue weighted by atomic mass is 10.1. The summed E-state index contributed by atoms with van der Waals surface area (Å²) in [4.78, 5) is 31.2. The lowest BCUT2D eigenvalue weighted by Crippen LogP contribution is -2.45. The van der Waals surface area contributed by atoms with Gasteiger partial charge in [-0.05, 0) is 116 Å². The van der Waals surface area contributed by atoms with Crippen molar-refractivity contribution in [2.24, 2.45) is 4.99 Å². The summed E-state index contributed by atoms with van der Waals surface area (Å²) in [6.45, 7) is 8.82. The van der Waals surface area contributed by atoms with E-state index in [1.54, 1.807) is 35.9 Å². The molecule has 2 aromatic heterocycles. The van der Waals surface area contributed by atoms with Gasteiger partial charge < -0.3 is 25.2 Å². The van der Waals surface area contributed by atoms with E-state index in [4.69, 9.17) is 24.7 Å². The number of aromatic carboxylic acids is 1. The largest absolute Gasteiger partial charge is 0.490 e. The first-order chi connectivity index (χ1) is 32.2. The predicted molar refractivity (Wildman–Crippen MR) is 264 cm³/mol. The molecule has 5 aromatic carbocycles. The number of anilines is 2. The number of hydrogen-bond acceptors (Lipinski definition) is 10. The average Bonchev–Trinajstić information content (AvgIpc) is 3.90. The molecule has 3 heterocycles. The number of carboxylic acids is 1. The van der Waals surface area contributed by atoms with E-state index >= 15 is 0 Å². The van der Waals surface area contributed by atoms with E-state index < -0.39 is 27.9 Å². The van der Waals surface area contributed by atoms with Gasteiger partial charge in [0.05, 0.1) is 28.7 Å². The number of amides is 1. The molecule has 3 N–H and O–H groups in total. The van der Waals surface area contributed by atoms with Gasteiger partial charge in [0.15, 0.2) is 23.3 Å². The zero-order valence-electron chi connectivity index (χ0n) is 38.1. The molecule has 15 nitrogen and oxygen atoms in total. The number of carbonyl (C=O) groups excluding carboxylic acids is 1. The van der Waals surface area contributed by atoms with E-state index in [-0.39, 0.29) is 27.7 Å². The smallest absolute Gasteiger partial charge is 0.335 e.